The van der Waals surface area contributed by atoms with Gasteiger partial charge in [0.1, 0.15) is 6.10 Å². The van der Waals surface area contributed by atoms with E-state index >= 15 is 0 Å². The summed E-state index contributed by atoms with van der Waals surface area (Å²) in [5.74, 6) is 0.474. The van der Waals surface area contributed by atoms with E-state index in [1.165, 1.54) is 19.3 Å². The Labute approximate surface area is 83.0 Å². The summed E-state index contributed by atoms with van der Waals surface area (Å²) in [6, 6.07) is 0. The molecule has 2 bridgehead atoms. The molecule has 3 heteroatoms. The number of rotatable bonds is 1. The van der Waals surface area contributed by atoms with Gasteiger partial charge in [-0.05, 0) is 38.0 Å². The van der Waals surface area contributed by atoms with E-state index in [-0.39, 0.29) is 17.5 Å². The van der Waals surface area contributed by atoms with E-state index in [1.807, 2.05) is 0 Å². The molecule has 1 aliphatic heterocycles. The quantitative estimate of drug-likeness (QED) is 0.473. The first kappa shape index (κ1) is 8.48. The maximum atomic E-state index is 11.2. The largest absolute Gasteiger partial charge is 0.371 e. The fourth-order valence-electron chi connectivity index (χ4n) is 3.39. The lowest BCUT2D eigenvalue weighted by Crippen LogP contribution is -2.31. The molecule has 0 aromatic rings. The van der Waals surface area contributed by atoms with Crippen molar-refractivity contribution in [3.8, 4) is 0 Å². The van der Waals surface area contributed by atoms with Crippen molar-refractivity contribution in [2.24, 2.45) is 11.3 Å². The van der Waals surface area contributed by atoms with E-state index < -0.39 is 0 Å². The van der Waals surface area contributed by atoms with Crippen molar-refractivity contribution in [1.82, 2.24) is 0 Å². The van der Waals surface area contributed by atoms with Crippen LogP contribution in [0, 0.1) is 11.3 Å². The molecule has 1 saturated heterocycles. The van der Waals surface area contributed by atoms with E-state index in [4.69, 9.17) is 4.89 Å². The van der Waals surface area contributed by atoms with Crippen molar-refractivity contribution in [2.45, 2.75) is 38.2 Å². The summed E-state index contributed by atoms with van der Waals surface area (Å²) in [7, 11) is 0. The molecule has 1 atom stereocenters. The van der Waals surface area contributed by atoms with Crippen molar-refractivity contribution >= 4 is 5.97 Å². The third-order valence-corrected chi connectivity index (χ3v) is 4.15. The zero-order chi connectivity index (χ0) is 9.76. The van der Waals surface area contributed by atoms with Gasteiger partial charge in [0, 0.05) is 5.41 Å². The normalized spacial score (nSPS) is 46.0. The molecular formula is C11H14O3. The molecule has 3 fully saturated rings. The maximum Gasteiger partial charge on any atom is 0.371 e. The Kier molecular flexibility index (Phi) is 1.57. The van der Waals surface area contributed by atoms with Crippen LogP contribution in [0.15, 0.2) is 12.2 Å². The van der Waals surface area contributed by atoms with Gasteiger partial charge in [0.2, 0.25) is 0 Å². The summed E-state index contributed by atoms with van der Waals surface area (Å²) in [6.07, 6.45) is 5.91. The highest BCUT2D eigenvalue weighted by atomic mass is 17.2. The van der Waals surface area contributed by atoms with Crippen LogP contribution in [0.2, 0.25) is 0 Å². The van der Waals surface area contributed by atoms with Crippen LogP contribution in [0.3, 0.4) is 0 Å². The van der Waals surface area contributed by atoms with Crippen LogP contribution in [-0.4, -0.2) is 12.1 Å². The predicted octanol–water partition coefficient (Wildman–Crippen LogP) is 1.98. The molecule has 76 valence electrons. The molecule has 0 N–H and O–H groups in total. The van der Waals surface area contributed by atoms with Gasteiger partial charge in [-0.15, -0.1) is 0 Å². The Balaban J connectivity index is 1.88. The topological polar surface area (TPSA) is 35.5 Å². The van der Waals surface area contributed by atoms with Gasteiger partial charge in [0.25, 0.3) is 0 Å². The van der Waals surface area contributed by atoms with Crippen molar-refractivity contribution in [3.05, 3.63) is 12.2 Å². The average Bonchev–Trinajstić information content (AvgIpc) is 2.83. The summed E-state index contributed by atoms with van der Waals surface area (Å²) in [5.41, 5.74) is 0.695. The summed E-state index contributed by atoms with van der Waals surface area (Å²) < 4.78 is 0. The van der Waals surface area contributed by atoms with Gasteiger partial charge in [-0.25, -0.2) is 4.79 Å². The van der Waals surface area contributed by atoms with E-state index in [0.29, 0.717) is 5.57 Å². The Morgan fingerprint density at radius 1 is 1.36 bits per heavy atom. The minimum Gasteiger partial charge on any atom is -0.292 e. The van der Waals surface area contributed by atoms with Gasteiger partial charge in [-0.3, -0.25) is 4.89 Å². The highest BCUT2D eigenvalue weighted by molar-refractivity contribution is 5.90. The number of carbonyl (C=O) groups is 1. The van der Waals surface area contributed by atoms with Crippen molar-refractivity contribution in [1.29, 1.82) is 0 Å². The smallest absolute Gasteiger partial charge is 0.292 e. The molecule has 14 heavy (non-hydrogen) atoms. The van der Waals surface area contributed by atoms with Gasteiger partial charge < -0.3 is 0 Å². The molecule has 2 aliphatic carbocycles. The van der Waals surface area contributed by atoms with E-state index in [0.717, 1.165) is 18.8 Å². The van der Waals surface area contributed by atoms with E-state index in [9.17, 15) is 4.79 Å². The van der Waals surface area contributed by atoms with Crippen LogP contribution < -0.4 is 0 Å². The molecule has 3 aliphatic rings. The SMILES string of the molecule is C=C1C(=O)OOC1C12CCC(CC1)C2. The molecular weight excluding hydrogens is 180 g/mol. The summed E-state index contributed by atoms with van der Waals surface area (Å²) in [6.45, 7) is 3.77. The summed E-state index contributed by atoms with van der Waals surface area (Å²) in [5, 5.41) is 0. The lowest BCUT2D eigenvalue weighted by Gasteiger charge is -2.30. The Morgan fingerprint density at radius 2 is 2.07 bits per heavy atom. The Hall–Kier alpha value is -0.830. The Bertz CT molecular complexity index is 300. The third kappa shape index (κ3) is 0.934. The first-order chi connectivity index (χ1) is 6.71. The number of hydrogen-bond acceptors (Lipinski definition) is 3. The second kappa shape index (κ2) is 2.60. The summed E-state index contributed by atoms with van der Waals surface area (Å²) in [4.78, 5) is 20.9. The van der Waals surface area contributed by atoms with Crippen LogP contribution >= 0.6 is 0 Å². The second-order valence-corrected chi connectivity index (χ2v) is 4.88. The molecule has 0 radical (unpaired) electrons. The average molecular weight is 194 g/mol. The van der Waals surface area contributed by atoms with Crippen LogP contribution in [0.25, 0.3) is 0 Å². The fourth-order valence-corrected chi connectivity index (χ4v) is 3.39. The second-order valence-electron chi connectivity index (χ2n) is 4.88. The lowest BCUT2D eigenvalue weighted by atomic mass is 9.76. The zero-order valence-corrected chi connectivity index (χ0v) is 8.12. The lowest BCUT2D eigenvalue weighted by molar-refractivity contribution is -0.277. The minimum absolute atomic E-state index is 0.164. The monoisotopic (exact) mass is 194 g/mol. The Morgan fingerprint density at radius 3 is 2.50 bits per heavy atom. The van der Waals surface area contributed by atoms with Crippen molar-refractivity contribution in [2.75, 3.05) is 0 Å². The van der Waals surface area contributed by atoms with E-state index in [1.54, 1.807) is 0 Å². The van der Waals surface area contributed by atoms with Gasteiger partial charge in [-0.2, -0.15) is 4.89 Å². The number of fused-ring (bicyclic) bond motifs is 2. The molecule has 0 amide bonds. The molecule has 0 spiro atoms. The predicted molar refractivity (Wildman–Crippen MR) is 49.1 cm³/mol. The molecule has 0 aromatic carbocycles. The minimum atomic E-state index is -0.375. The highest BCUT2D eigenvalue weighted by Crippen LogP contribution is 2.58. The molecule has 2 saturated carbocycles. The molecule has 0 aromatic heterocycles. The van der Waals surface area contributed by atoms with E-state index in [2.05, 4.69) is 11.5 Å². The number of carbonyl (C=O) groups excluding carboxylic acids is 1. The summed E-state index contributed by atoms with van der Waals surface area (Å²) >= 11 is 0. The van der Waals surface area contributed by atoms with Crippen LogP contribution in [0.5, 0.6) is 0 Å². The van der Waals surface area contributed by atoms with Crippen LogP contribution in [0.4, 0.5) is 0 Å². The highest BCUT2D eigenvalue weighted by Gasteiger charge is 2.55. The zero-order valence-electron chi connectivity index (χ0n) is 8.12. The molecule has 1 unspecified atom stereocenters. The molecule has 3 nitrogen and oxygen atoms in total. The van der Waals surface area contributed by atoms with Crippen LogP contribution in [0.1, 0.15) is 32.1 Å². The first-order valence-corrected chi connectivity index (χ1v) is 5.28. The first-order valence-electron chi connectivity index (χ1n) is 5.28. The number of hydrogen-bond donors (Lipinski definition) is 0. The third-order valence-electron chi connectivity index (χ3n) is 4.15. The fraction of sp³-hybridized carbons (Fsp3) is 0.727. The van der Waals surface area contributed by atoms with Gasteiger partial charge in [-0.1, -0.05) is 6.58 Å². The molecule has 3 rings (SSSR count). The van der Waals surface area contributed by atoms with Crippen molar-refractivity contribution < 1.29 is 14.6 Å². The van der Waals surface area contributed by atoms with Gasteiger partial charge in [0.15, 0.2) is 0 Å². The van der Waals surface area contributed by atoms with Crippen LogP contribution in [-0.2, 0) is 14.6 Å². The standard InChI is InChI=1S/C11H14O3/c1-7-9(13-14-10(7)12)11-4-2-8(6-11)3-5-11/h8-9H,1-6H2. The van der Waals surface area contributed by atoms with Crippen molar-refractivity contribution in [3.63, 3.8) is 0 Å². The van der Waals surface area contributed by atoms with Gasteiger partial charge >= 0.3 is 5.97 Å². The maximum absolute atomic E-state index is 11.2. The van der Waals surface area contributed by atoms with Gasteiger partial charge in [0.05, 0.1) is 5.57 Å². The molecule has 1 heterocycles.